The molecule has 2 fully saturated rings. The monoisotopic (exact) mass is 244 g/mol. The molecule has 5 atom stereocenters. The Hall–Kier alpha value is 0.230. The molecular weight excluding hydrogens is 220 g/mol. The van der Waals surface area contributed by atoms with E-state index in [4.69, 9.17) is 12.6 Å². The van der Waals surface area contributed by atoms with Crippen molar-refractivity contribution in [3.8, 4) is 0 Å². The number of fused-ring (bicyclic) bond motifs is 1. The van der Waals surface area contributed by atoms with Crippen LogP contribution >= 0.6 is 12.6 Å². The number of nitrogens with one attached hydrogen (secondary N) is 1. The largest absolute Gasteiger partial charge is 0.391 e. The van der Waals surface area contributed by atoms with Crippen molar-refractivity contribution in [1.82, 2.24) is 10.2 Å². The highest BCUT2D eigenvalue weighted by Crippen LogP contribution is 2.36. The molecule has 4 heteroatoms. The lowest BCUT2D eigenvalue weighted by atomic mass is 9.75. The fourth-order valence-electron chi connectivity index (χ4n) is 3.11. The first-order valence-corrected chi connectivity index (χ1v) is 7.00. The average Bonchev–Trinajstić information content (AvgIpc) is 2.28. The van der Waals surface area contributed by atoms with E-state index in [-0.39, 0.29) is 12.1 Å². The van der Waals surface area contributed by atoms with Gasteiger partial charge in [-0.25, -0.2) is 0 Å². The molecule has 0 amide bonds. The van der Waals surface area contributed by atoms with Gasteiger partial charge in [-0.1, -0.05) is 13.8 Å². The Labute approximate surface area is 104 Å². The van der Waals surface area contributed by atoms with Gasteiger partial charge in [0.2, 0.25) is 0 Å². The topological polar surface area (TPSA) is 35.5 Å². The first-order chi connectivity index (χ1) is 7.65. The van der Waals surface area contributed by atoms with Gasteiger partial charge in [-0.15, -0.1) is 0 Å². The number of nitrogens with zero attached hydrogens (tertiary/aromatic N) is 1. The second-order valence-corrected chi connectivity index (χ2v) is 5.85. The van der Waals surface area contributed by atoms with Crippen LogP contribution in [0.25, 0.3) is 0 Å². The summed E-state index contributed by atoms with van der Waals surface area (Å²) in [6, 6.07) is 0.249. The number of hydrogen-bond donors (Lipinski definition) is 3. The minimum absolute atomic E-state index is 0.197. The van der Waals surface area contributed by atoms with Crippen molar-refractivity contribution in [3.05, 3.63) is 0 Å². The Morgan fingerprint density at radius 2 is 2.19 bits per heavy atom. The molecule has 16 heavy (non-hydrogen) atoms. The molecule has 0 radical (unpaired) electrons. The molecule has 1 aliphatic heterocycles. The summed E-state index contributed by atoms with van der Waals surface area (Å²) in [5.74, 6) is 0.918. The van der Waals surface area contributed by atoms with Crippen molar-refractivity contribution in [1.29, 1.82) is 0 Å². The van der Waals surface area contributed by atoms with E-state index in [1.807, 2.05) is 0 Å². The summed E-state index contributed by atoms with van der Waals surface area (Å²) in [5, 5.41) is 14.0. The standard InChI is InChI=1S/C12H24N2OS/c1-3-6-14-7-13-10-9(12(14)16)5-4-8(2)11(10)15/h8-13,15-16H,3-7H2,1-2H3/t8-,9+,10+,11?,12?/m1/s1. The van der Waals surface area contributed by atoms with Gasteiger partial charge in [0.15, 0.2) is 0 Å². The van der Waals surface area contributed by atoms with Crippen LogP contribution in [0.4, 0.5) is 0 Å². The number of thiol groups is 1. The quantitative estimate of drug-likeness (QED) is 0.641. The molecule has 94 valence electrons. The van der Waals surface area contributed by atoms with Crippen molar-refractivity contribution in [2.45, 2.75) is 50.6 Å². The average molecular weight is 244 g/mol. The van der Waals surface area contributed by atoms with E-state index < -0.39 is 0 Å². The summed E-state index contributed by atoms with van der Waals surface area (Å²) >= 11 is 4.76. The summed E-state index contributed by atoms with van der Waals surface area (Å²) in [6.07, 6.45) is 3.28. The molecule has 0 aromatic carbocycles. The third kappa shape index (κ3) is 2.26. The predicted octanol–water partition coefficient (Wildman–Crippen LogP) is 1.29. The summed E-state index contributed by atoms with van der Waals surface area (Å²) in [5.41, 5.74) is 0. The van der Waals surface area contributed by atoms with Crippen LogP contribution < -0.4 is 5.32 Å². The summed E-state index contributed by atoms with van der Waals surface area (Å²) in [4.78, 5) is 2.38. The molecule has 1 saturated carbocycles. The maximum Gasteiger partial charge on any atom is 0.0722 e. The lowest BCUT2D eigenvalue weighted by Crippen LogP contribution is -2.63. The molecule has 3 nitrogen and oxygen atoms in total. The number of aliphatic hydroxyl groups excluding tert-OH is 1. The minimum Gasteiger partial charge on any atom is -0.391 e. The molecular formula is C12H24N2OS. The van der Waals surface area contributed by atoms with Crippen molar-refractivity contribution in [2.75, 3.05) is 13.2 Å². The van der Waals surface area contributed by atoms with Crippen LogP contribution in [0.2, 0.25) is 0 Å². The zero-order valence-corrected chi connectivity index (χ0v) is 11.2. The zero-order valence-electron chi connectivity index (χ0n) is 10.3. The van der Waals surface area contributed by atoms with E-state index in [0.29, 0.717) is 17.2 Å². The van der Waals surface area contributed by atoms with Crippen LogP contribution in [0.5, 0.6) is 0 Å². The lowest BCUT2D eigenvalue weighted by molar-refractivity contribution is -0.0303. The van der Waals surface area contributed by atoms with Crippen LogP contribution in [-0.4, -0.2) is 40.7 Å². The van der Waals surface area contributed by atoms with Crippen LogP contribution in [-0.2, 0) is 0 Å². The Bertz CT molecular complexity index is 239. The van der Waals surface area contributed by atoms with E-state index >= 15 is 0 Å². The first kappa shape index (κ1) is 12.7. The Kier molecular flexibility index (Phi) is 4.16. The van der Waals surface area contributed by atoms with Gasteiger partial charge in [-0.05, 0) is 25.2 Å². The molecule has 2 rings (SSSR count). The first-order valence-electron chi connectivity index (χ1n) is 6.48. The van der Waals surface area contributed by atoms with Gasteiger partial charge in [-0.2, -0.15) is 12.6 Å². The van der Waals surface area contributed by atoms with Gasteiger partial charge in [-0.3, -0.25) is 10.2 Å². The van der Waals surface area contributed by atoms with Gasteiger partial charge in [0.1, 0.15) is 0 Å². The highest BCUT2D eigenvalue weighted by Gasteiger charge is 2.43. The number of hydrogen-bond acceptors (Lipinski definition) is 4. The molecule has 0 spiro atoms. The lowest BCUT2D eigenvalue weighted by Gasteiger charge is -2.49. The molecule has 1 heterocycles. The predicted molar refractivity (Wildman–Crippen MR) is 69.5 cm³/mol. The normalized spacial score (nSPS) is 45.4. The van der Waals surface area contributed by atoms with Gasteiger partial charge in [0, 0.05) is 25.2 Å². The third-order valence-corrected chi connectivity index (χ3v) is 4.88. The van der Waals surface area contributed by atoms with Crippen LogP contribution in [0.1, 0.15) is 33.1 Å². The fourth-order valence-corrected chi connectivity index (χ4v) is 3.64. The van der Waals surface area contributed by atoms with E-state index in [2.05, 4.69) is 24.1 Å². The van der Waals surface area contributed by atoms with Gasteiger partial charge < -0.3 is 5.11 Å². The van der Waals surface area contributed by atoms with Crippen molar-refractivity contribution >= 4 is 12.6 Å². The SMILES string of the molecule is CCCN1CN[C@@H]2C(O)[C@H](C)CC[C@@H]2C1S. The summed E-state index contributed by atoms with van der Waals surface area (Å²) in [7, 11) is 0. The van der Waals surface area contributed by atoms with Crippen LogP contribution in [0.3, 0.4) is 0 Å². The van der Waals surface area contributed by atoms with E-state index in [9.17, 15) is 5.11 Å². The molecule has 1 saturated heterocycles. The Morgan fingerprint density at radius 1 is 1.44 bits per heavy atom. The minimum atomic E-state index is -0.197. The molecule has 0 aromatic heterocycles. The van der Waals surface area contributed by atoms with E-state index in [1.165, 1.54) is 6.42 Å². The van der Waals surface area contributed by atoms with Crippen molar-refractivity contribution < 1.29 is 5.11 Å². The van der Waals surface area contributed by atoms with Crippen LogP contribution in [0, 0.1) is 11.8 Å². The zero-order chi connectivity index (χ0) is 11.7. The highest BCUT2D eigenvalue weighted by molar-refractivity contribution is 7.80. The second kappa shape index (κ2) is 5.25. The fraction of sp³-hybridized carbons (Fsp3) is 1.00. The summed E-state index contributed by atoms with van der Waals surface area (Å²) in [6.45, 7) is 6.31. The second-order valence-electron chi connectivity index (χ2n) is 5.32. The van der Waals surface area contributed by atoms with Gasteiger partial charge in [0.25, 0.3) is 0 Å². The van der Waals surface area contributed by atoms with Gasteiger partial charge >= 0.3 is 0 Å². The Balaban J connectivity index is 2.03. The van der Waals surface area contributed by atoms with Gasteiger partial charge in [0.05, 0.1) is 11.5 Å². The van der Waals surface area contributed by atoms with E-state index in [0.717, 1.165) is 26.1 Å². The molecule has 2 aliphatic rings. The van der Waals surface area contributed by atoms with E-state index in [1.54, 1.807) is 0 Å². The smallest absolute Gasteiger partial charge is 0.0722 e. The maximum absolute atomic E-state index is 10.2. The highest BCUT2D eigenvalue weighted by atomic mass is 32.1. The van der Waals surface area contributed by atoms with Crippen LogP contribution in [0.15, 0.2) is 0 Å². The van der Waals surface area contributed by atoms with Crippen molar-refractivity contribution in [3.63, 3.8) is 0 Å². The third-order valence-electron chi connectivity index (χ3n) is 4.17. The molecule has 2 N–H and O–H groups in total. The number of rotatable bonds is 2. The molecule has 0 aromatic rings. The molecule has 0 bridgehead atoms. The summed E-state index contributed by atoms with van der Waals surface area (Å²) < 4.78 is 0. The molecule has 2 unspecified atom stereocenters. The number of aliphatic hydroxyl groups is 1. The van der Waals surface area contributed by atoms with Crippen molar-refractivity contribution in [2.24, 2.45) is 11.8 Å². The Morgan fingerprint density at radius 3 is 2.88 bits per heavy atom. The molecule has 1 aliphatic carbocycles. The maximum atomic E-state index is 10.2.